The van der Waals surface area contributed by atoms with Crippen molar-refractivity contribution in [3.63, 3.8) is 0 Å². The Morgan fingerprint density at radius 1 is 1.17 bits per heavy atom. The fourth-order valence-electron chi connectivity index (χ4n) is 2.29. The van der Waals surface area contributed by atoms with Gasteiger partial charge in [-0.05, 0) is 18.6 Å². The van der Waals surface area contributed by atoms with Gasteiger partial charge in [0.1, 0.15) is 0 Å². The zero-order chi connectivity index (χ0) is 16.7. The number of ether oxygens (including phenoxy) is 2. The summed E-state index contributed by atoms with van der Waals surface area (Å²) in [6.45, 7) is 2.50. The summed E-state index contributed by atoms with van der Waals surface area (Å²) in [7, 11) is 1.57. The molecule has 0 aliphatic carbocycles. The molecule has 0 saturated carbocycles. The van der Waals surface area contributed by atoms with Gasteiger partial charge in [0, 0.05) is 18.2 Å². The van der Waals surface area contributed by atoms with Crippen LogP contribution >= 0.6 is 0 Å². The van der Waals surface area contributed by atoms with Gasteiger partial charge in [0.05, 0.1) is 7.11 Å². The zero-order valence-electron chi connectivity index (χ0n) is 13.4. The average Bonchev–Trinajstić information content (AvgIpc) is 2.58. The highest BCUT2D eigenvalue weighted by Crippen LogP contribution is 2.31. The lowest BCUT2D eigenvalue weighted by atomic mass is 10.1. The van der Waals surface area contributed by atoms with E-state index in [0.717, 1.165) is 5.56 Å². The van der Waals surface area contributed by atoms with Crippen LogP contribution in [0.3, 0.4) is 0 Å². The highest BCUT2D eigenvalue weighted by molar-refractivity contribution is 5.75. The largest absolute Gasteiger partial charge is 0.493 e. The van der Waals surface area contributed by atoms with Crippen molar-refractivity contribution in [3.05, 3.63) is 59.7 Å². The van der Waals surface area contributed by atoms with Crippen LogP contribution in [0.4, 0.5) is 0 Å². The number of nitrogens with one attached hydrogen (secondary N) is 1. The molecule has 0 heterocycles. The van der Waals surface area contributed by atoms with E-state index < -0.39 is 5.91 Å². The van der Waals surface area contributed by atoms with Gasteiger partial charge in [-0.2, -0.15) is 0 Å². The van der Waals surface area contributed by atoms with E-state index in [1.165, 1.54) is 5.56 Å². The molecule has 0 fully saturated rings. The summed E-state index contributed by atoms with van der Waals surface area (Å²) in [5.74, 6) is 0.604. The molecule has 0 bridgehead atoms. The number of para-hydroxylation sites is 1. The van der Waals surface area contributed by atoms with Crippen LogP contribution < -0.4 is 20.5 Å². The number of hydrogen-bond donors (Lipinski definition) is 2. The molecule has 2 aromatic rings. The Morgan fingerprint density at radius 2 is 1.91 bits per heavy atom. The number of carbonyl (C=O) groups excluding carboxylic acids is 1. The lowest BCUT2D eigenvalue weighted by molar-refractivity contribution is -0.119. The van der Waals surface area contributed by atoms with E-state index in [9.17, 15) is 4.79 Å². The minimum Gasteiger partial charge on any atom is -0.493 e. The molecule has 5 heteroatoms. The molecule has 5 nitrogen and oxygen atoms in total. The highest BCUT2D eigenvalue weighted by atomic mass is 16.5. The molecular weight excluding hydrogens is 292 g/mol. The standard InChI is InChI=1S/C18H22N2O3/c1-13(14-7-4-3-5-8-14)20-11-15-9-6-10-16(22-2)18(15)23-12-17(19)21/h3-10,13,20H,11-12H2,1-2H3,(H2,19,21)/t13-/m0/s1. The topological polar surface area (TPSA) is 73.6 Å². The summed E-state index contributed by atoms with van der Waals surface area (Å²) in [5, 5.41) is 3.44. The first-order chi connectivity index (χ1) is 11.1. The van der Waals surface area contributed by atoms with Gasteiger partial charge >= 0.3 is 0 Å². The SMILES string of the molecule is COc1cccc(CN[C@@H](C)c2ccccc2)c1OCC(N)=O. The fraction of sp³-hybridized carbons (Fsp3) is 0.278. The zero-order valence-corrected chi connectivity index (χ0v) is 13.4. The van der Waals surface area contributed by atoms with Gasteiger partial charge in [-0.15, -0.1) is 0 Å². The number of amides is 1. The van der Waals surface area contributed by atoms with E-state index in [1.54, 1.807) is 13.2 Å². The van der Waals surface area contributed by atoms with Gasteiger partial charge in [-0.25, -0.2) is 0 Å². The third kappa shape index (κ3) is 4.72. The maximum Gasteiger partial charge on any atom is 0.255 e. The summed E-state index contributed by atoms with van der Waals surface area (Å²) >= 11 is 0. The molecule has 2 rings (SSSR count). The second kappa shape index (κ2) is 8.19. The molecule has 23 heavy (non-hydrogen) atoms. The summed E-state index contributed by atoms with van der Waals surface area (Å²) in [4.78, 5) is 11.0. The Kier molecular flexibility index (Phi) is 6.00. The molecule has 0 spiro atoms. The molecule has 0 unspecified atom stereocenters. The third-order valence-electron chi connectivity index (χ3n) is 3.54. The molecule has 1 amide bonds. The van der Waals surface area contributed by atoms with Gasteiger partial charge in [-0.1, -0.05) is 42.5 Å². The van der Waals surface area contributed by atoms with Crippen molar-refractivity contribution in [2.75, 3.05) is 13.7 Å². The molecule has 0 aliphatic rings. The molecule has 0 aliphatic heterocycles. The molecule has 122 valence electrons. The number of primary amides is 1. The Hall–Kier alpha value is -2.53. The van der Waals surface area contributed by atoms with Crippen LogP contribution in [-0.2, 0) is 11.3 Å². The minimum absolute atomic E-state index is 0.179. The van der Waals surface area contributed by atoms with Crippen LogP contribution in [0.5, 0.6) is 11.5 Å². The second-order valence-electron chi connectivity index (χ2n) is 5.22. The van der Waals surface area contributed by atoms with E-state index in [1.807, 2.05) is 30.3 Å². The van der Waals surface area contributed by atoms with E-state index in [0.29, 0.717) is 18.0 Å². The summed E-state index contributed by atoms with van der Waals surface area (Å²) in [5.41, 5.74) is 7.27. The number of benzene rings is 2. The number of carbonyl (C=O) groups is 1. The molecule has 1 atom stereocenters. The predicted molar refractivity (Wildman–Crippen MR) is 89.4 cm³/mol. The Balaban J connectivity index is 2.10. The molecule has 3 N–H and O–H groups in total. The van der Waals surface area contributed by atoms with Crippen LogP contribution in [0.2, 0.25) is 0 Å². The van der Waals surface area contributed by atoms with E-state index in [4.69, 9.17) is 15.2 Å². The Bertz CT molecular complexity index is 644. The first kappa shape index (κ1) is 16.8. The molecule has 0 saturated heterocycles. The van der Waals surface area contributed by atoms with Crippen molar-refractivity contribution in [3.8, 4) is 11.5 Å². The van der Waals surface area contributed by atoms with Crippen molar-refractivity contribution in [2.45, 2.75) is 19.5 Å². The first-order valence-corrected chi connectivity index (χ1v) is 7.47. The molecule has 0 radical (unpaired) electrons. The average molecular weight is 314 g/mol. The number of methoxy groups -OCH3 is 1. The normalized spacial score (nSPS) is 11.7. The van der Waals surface area contributed by atoms with E-state index in [2.05, 4.69) is 24.4 Å². The lowest BCUT2D eigenvalue weighted by Gasteiger charge is -2.18. The van der Waals surface area contributed by atoms with Gasteiger partial charge in [0.2, 0.25) is 0 Å². The molecule has 0 aromatic heterocycles. The first-order valence-electron chi connectivity index (χ1n) is 7.47. The molecular formula is C18H22N2O3. The van der Waals surface area contributed by atoms with Crippen molar-refractivity contribution in [2.24, 2.45) is 5.73 Å². The smallest absolute Gasteiger partial charge is 0.255 e. The van der Waals surface area contributed by atoms with E-state index in [-0.39, 0.29) is 12.6 Å². The van der Waals surface area contributed by atoms with Gasteiger partial charge in [-0.3, -0.25) is 4.79 Å². The number of hydrogen-bond acceptors (Lipinski definition) is 4. The van der Waals surface area contributed by atoms with Crippen LogP contribution in [0.25, 0.3) is 0 Å². The summed E-state index contributed by atoms with van der Waals surface area (Å²) in [6.07, 6.45) is 0. The van der Waals surface area contributed by atoms with Crippen LogP contribution in [0.1, 0.15) is 24.1 Å². The summed E-state index contributed by atoms with van der Waals surface area (Å²) in [6, 6.07) is 16.0. The van der Waals surface area contributed by atoms with Crippen LogP contribution in [-0.4, -0.2) is 19.6 Å². The number of rotatable bonds is 8. The maximum absolute atomic E-state index is 11.0. The maximum atomic E-state index is 11.0. The molecule has 2 aromatic carbocycles. The minimum atomic E-state index is -0.521. The summed E-state index contributed by atoms with van der Waals surface area (Å²) < 4.78 is 10.8. The van der Waals surface area contributed by atoms with Gasteiger partial charge in [0.15, 0.2) is 18.1 Å². The van der Waals surface area contributed by atoms with Crippen molar-refractivity contribution >= 4 is 5.91 Å². The Morgan fingerprint density at radius 3 is 2.57 bits per heavy atom. The highest BCUT2D eigenvalue weighted by Gasteiger charge is 2.13. The van der Waals surface area contributed by atoms with Crippen molar-refractivity contribution in [1.29, 1.82) is 0 Å². The van der Waals surface area contributed by atoms with Crippen molar-refractivity contribution < 1.29 is 14.3 Å². The predicted octanol–water partition coefficient (Wildman–Crippen LogP) is 2.41. The lowest BCUT2D eigenvalue weighted by Crippen LogP contribution is -2.22. The van der Waals surface area contributed by atoms with Gasteiger partial charge < -0.3 is 20.5 Å². The number of nitrogens with two attached hydrogens (primary N) is 1. The Labute approximate surface area is 136 Å². The van der Waals surface area contributed by atoms with E-state index >= 15 is 0 Å². The van der Waals surface area contributed by atoms with Gasteiger partial charge in [0.25, 0.3) is 5.91 Å². The van der Waals surface area contributed by atoms with Crippen LogP contribution in [0, 0.1) is 0 Å². The quantitative estimate of drug-likeness (QED) is 0.785. The van der Waals surface area contributed by atoms with Crippen LogP contribution in [0.15, 0.2) is 48.5 Å². The monoisotopic (exact) mass is 314 g/mol. The van der Waals surface area contributed by atoms with Crippen molar-refractivity contribution in [1.82, 2.24) is 5.32 Å². The fourth-order valence-corrected chi connectivity index (χ4v) is 2.29. The third-order valence-corrected chi connectivity index (χ3v) is 3.54. The second-order valence-corrected chi connectivity index (χ2v) is 5.22.